The Morgan fingerprint density at radius 3 is 2.94 bits per heavy atom. The number of aromatic nitrogens is 1. The summed E-state index contributed by atoms with van der Waals surface area (Å²) in [4.78, 5) is 9.01. The quantitative estimate of drug-likeness (QED) is 0.829. The first-order chi connectivity index (χ1) is 8.35. The molecular weight excluding hydrogens is 236 g/mol. The molecule has 2 N–H and O–H groups in total. The van der Waals surface area contributed by atoms with Crippen LogP contribution in [0.1, 0.15) is 12.6 Å². The number of benzene rings is 1. The minimum atomic E-state index is 0.327. The van der Waals surface area contributed by atoms with Gasteiger partial charge in [-0.3, -0.25) is 4.84 Å². The lowest BCUT2D eigenvalue weighted by atomic mass is 10.2. The van der Waals surface area contributed by atoms with Crippen LogP contribution in [-0.4, -0.2) is 11.6 Å². The van der Waals surface area contributed by atoms with E-state index >= 15 is 0 Å². The van der Waals surface area contributed by atoms with Crippen molar-refractivity contribution in [2.45, 2.75) is 13.5 Å². The molecular formula is C12H14N2O2S. The van der Waals surface area contributed by atoms with E-state index in [-0.39, 0.29) is 0 Å². The highest BCUT2D eigenvalue weighted by Gasteiger charge is 2.09. The highest BCUT2D eigenvalue weighted by atomic mass is 32.1. The van der Waals surface area contributed by atoms with E-state index in [4.69, 9.17) is 10.6 Å². The molecule has 17 heavy (non-hydrogen) atoms. The zero-order valence-corrected chi connectivity index (χ0v) is 10.4. The molecule has 0 amide bonds. The van der Waals surface area contributed by atoms with Gasteiger partial charge in [0, 0.05) is 5.38 Å². The van der Waals surface area contributed by atoms with Crippen molar-refractivity contribution in [3.05, 3.63) is 35.3 Å². The van der Waals surface area contributed by atoms with E-state index < -0.39 is 0 Å². The third kappa shape index (κ3) is 2.82. The van der Waals surface area contributed by atoms with E-state index in [0.717, 1.165) is 22.0 Å². The molecule has 4 nitrogen and oxygen atoms in total. The molecule has 2 aromatic rings. The summed E-state index contributed by atoms with van der Waals surface area (Å²) in [6.07, 6.45) is 0. The molecule has 0 radical (unpaired) electrons. The Bertz CT molecular complexity index is 485. The van der Waals surface area contributed by atoms with Crippen LogP contribution in [0.15, 0.2) is 29.6 Å². The fraction of sp³-hybridized carbons (Fsp3) is 0.250. The van der Waals surface area contributed by atoms with Gasteiger partial charge in [0.05, 0.1) is 17.9 Å². The maximum Gasteiger partial charge on any atom is 0.129 e. The van der Waals surface area contributed by atoms with Gasteiger partial charge in [0.2, 0.25) is 0 Å². The molecule has 2 rings (SSSR count). The zero-order chi connectivity index (χ0) is 12.1. The first-order valence-corrected chi connectivity index (χ1v) is 6.21. The average Bonchev–Trinajstić information content (AvgIpc) is 2.79. The monoisotopic (exact) mass is 250 g/mol. The Hall–Kier alpha value is -1.43. The molecule has 0 bridgehead atoms. The van der Waals surface area contributed by atoms with Gasteiger partial charge in [-0.05, 0) is 19.1 Å². The smallest absolute Gasteiger partial charge is 0.129 e. The van der Waals surface area contributed by atoms with Gasteiger partial charge in [0.25, 0.3) is 0 Å². The first-order valence-electron chi connectivity index (χ1n) is 5.33. The minimum absolute atomic E-state index is 0.327. The molecule has 0 atom stereocenters. The number of para-hydroxylation sites is 1. The van der Waals surface area contributed by atoms with Crippen molar-refractivity contribution >= 4 is 11.3 Å². The van der Waals surface area contributed by atoms with E-state index in [1.165, 1.54) is 0 Å². The Labute approximate surface area is 104 Å². The van der Waals surface area contributed by atoms with Gasteiger partial charge < -0.3 is 4.74 Å². The second kappa shape index (κ2) is 5.77. The average molecular weight is 250 g/mol. The number of hydrogen-bond acceptors (Lipinski definition) is 5. The van der Waals surface area contributed by atoms with Crippen LogP contribution in [0.2, 0.25) is 0 Å². The van der Waals surface area contributed by atoms with Gasteiger partial charge >= 0.3 is 0 Å². The van der Waals surface area contributed by atoms with Crippen molar-refractivity contribution in [2.24, 2.45) is 5.90 Å². The molecule has 1 aromatic heterocycles. The van der Waals surface area contributed by atoms with Crippen molar-refractivity contribution in [1.29, 1.82) is 0 Å². The summed E-state index contributed by atoms with van der Waals surface area (Å²) in [5, 5.41) is 2.85. The summed E-state index contributed by atoms with van der Waals surface area (Å²) in [5.74, 6) is 5.88. The number of ether oxygens (including phenoxy) is 1. The molecule has 0 aliphatic rings. The predicted molar refractivity (Wildman–Crippen MR) is 67.7 cm³/mol. The Morgan fingerprint density at radius 2 is 2.18 bits per heavy atom. The van der Waals surface area contributed by atoms with E-state index in [1.807, 2.05) is 36.6 Å². The van der Waals surface area contributed by atoms with Crippen LogP contribution < -0.4 is 10.6 Å². The van der Waals surface area contributed by atoms with E-state index in [0.29, 0.717) is 13.2 Å². The van der Waals surface area contributed by atoms with Gasteiger partial charge in [-0.2, -0.15) is 0 Å². The summed E-state index contributed by atoms with van der Waals surface area (Å²) in [6.45, 7) is 2.93. The Balaban J connectivity index is 2.31. The van der Waals surface area contributed by atoms with Gasteiger partial charge in [0.1, 0.15) is 17.4 Å². The normalized spacial score (nSPS) is 10.5. The minimum Gasteiger partial charge on any atom is -0.493 e. The maximum absolute atomic E-state index is 5.57. The van der Waals surface area contributed by atoms with Crippen molar-refractivity contribution in [2.75, 3.05) is 6.61 Å². The standard InChI is InChI=1S/C12H14N2O2S/c1-2-15-11-6-4-3-5-10(11)12-14-9(7-16-13)8-17-12/h3-6,8H,2,7,13H2,1H3. The molecule has 0 fully saturated rings. The van der Waals surface area contributed by atoms with Crippen LogP contribution in [0.5, 0.6) is 5.75 Å². The second-order valence-electron chi connectivity index (χ2n) is 3.38. The number of rotatable bonds is 5. The van der Waals surface area contributed by atoms with Crippen LogP contribution in [0.3, 0.4) is 0 Å². The lowest BCUT2D eigenvalue weighted by Crippen LogP contribution is -1.99. The number of nitrogens with two attached hydrogens (primary N) is 1. The molecule has 0 saturated heterocycles. The molecule has 0 aliphatic heterocycles. The van der Waals surface area contributed by atoms with Crippen molar-refractivity contribution < 1.29 is 9.57 Å². The SMILES string of the molecule is CCOc1ccccc1-c1nc(CON)cs1. The maximum atomic E-state index is 5.57. The molecule has 1 aromatic carbocycles. The summed E-state index contributed by atoms with van der Waals surface area (Å²) < 4.78 is 5.57. The fourth-order valence-electron chi connectivity index (χ4n) is 1.51. The topological polar surface area (TPSA) is 57.4 Å². The van der Waals surface area contributed by atoms with Crippen molar-refractivity contribution in [1.82, 2.24) is 4.98 Å². The lowest BCUT2D eigenvalue weighted by molar-refractivity contribution is 0.122. The summed E-state index contributed by atoms with van der Waals surface area (Å²) in [7, 11) is 0. The van der Waals surface area contributed by atoms with Crippen molar-refractivity contribution in [3.8, 4) is 16.3 Å². The summed E-state index contributed by atoms with van der Waals surface area (Å²) in [6, 6.07) is 7.86. The third-order valence-corrected chi connectivity index (χ3v) is 3.12. The third-order valence-electron chi connectivity index (χ3n) is 2.20. The largest absolute Gasteiger partial charge is 0.493 e. The highest BCUT2D eigenvalue weighted by molar-refractivity contribution is 7.13. The number of hydrogen-bond donors (Lipinski definition) is 1. The Morgan fingerprint density at radius 1 is 1.35 bits per heavy atom. The zero-order valence-electron chi connectivity index (χ0n) is 9.55. The van der Waals surface area contributed by atoms with E-state index in [1.54, 1.807) is 11.3 Å². The number of nitrogens with zero attached hydrogens (tertiary/aromatic N) is 1. The van der Waals surface area contributed by atoms with Crippen LogP contribution in [0, 0.1) is 0 Å². The fourth-order valence-corrected chi connectivity index (χ4v) is 2.34. The summed E-state index contributed by atoms with van der Waals surface area (Å²) >= 11 is 1.56. The summed E-state index contributed by atoms with van der Waals surface area (Å²) in [5.41, 5.74) is 1.83. The van der Waals surface area contributed by atoms with E-state index in [2.05, 4.69) is 9.82 Å². The highest BCUT2D eigenvalue weighted by Crippen LogP contribution is 2.32. The molecule has 0 aliphatic carbocycles. The molecule has 0 spiro atoms. The molecule has 0 saturated carbocycles. The van der Waals surface area contributed by atoms with Crippen LogP contribution in [-0.2, 0) is 11.4 Å². The Kier molecular flexibility index (Phi) is 4.08. The van der Waals surface area contributed by atoms with Gasteiger partial charge in [-0.25, -0.2) is 10.9 Å². The van der Waals surface area contributed by atoms with Crippen LogP contribution >= 0.6 is 11.3 Å². The molecule has 0 unspecified atom stereocenters. The first kappa shape index (κ1) is 12.0. The molecule has 5 heteroatoms. The predicted octanol–water partition coefficient (Wildman–Crippen LogP) is 2.60. The lowest BCUT2D eigenvalue weighted by Gasteiger charge is -2.07. The van der Waals surface area contributed by atoms with Crippen LogP contribution in [0.4, 0.5) is 0 Å². The molecule has 90 valence electrons. The number of thiazole rings is 1. The van der Waals surface area contributed by atoms with Gasteiger partial charge in [-0.1, -0.05) is 12.1 Å². The second-order valence-corrected chi connectivity index (χ2v) is 4.24. The van der Waals surface area contributed by atoms with E-state index in [9.17, 15) is 0 Å². The van der Waals surface area contributed by atoms with Crippen LogP contribution in [0.25, 0.3) is 10.6 Å². The van der Waals surface area contributed by atoms with Gasteiger partial charge in [0.15, 0.2) is 0 Å². The van der Waals surface area contributed by atoms with Gasteiger partial charge in [-0.15, -0.1) is 11.3 Å². The molecule has 1 heterocycles. The van der Waals surface area contributed by atoms with Crippen molar-refractivity contribution in [3.63, 3.8) is 0 Å².